The van der Waals surface area contributed by atoms with Crippen LogP contribution in [0.5, 0.6) is 0 Å². The number of likely N-dealkylation sites (tertiary alicyclic amines) is 1. The van der Waals surface area contributed by atoms with Gasteiger partial charge in [0.05, 0.1) is 23.8 Å². The number of carbonyl (C=O) groups excluding carboxylic acids is 2. The van der Waals surface area contributed by atoms with Crippen LogP contribution in [0.2, 0.25) is 5.02 Å². The topological polar surface area (TPSA) is 93.4 Å². The first-order valence-electron chi connectivity index (χ1n) is 9.72. The maximum atomic E-state index is 13.0. The largest absolute Gasteiger partial charge is 0.341 e. The molecule has 2 aliphatic rings. The number of benzene rings is 1. The second-order valence-corrected chi connectivity index (χ2v) is 7.89. The predicted molar refractivity (Wildman–Crippen MR) is 107 cm³/mol. The Morgan fingerprint density at radius 3 is 2.89 bits per heavy atom. The van der Waals surface area contributed by atoms with E-state index in [0.717, 1.165) is 48.8 Å². The molecule has 0 spiro atoms. The lowest BCUT2D eigenvalue weighted by molar-refractivity contribution is 0.116. The highest BCUT2D eigenvalue weighted by Gasteiger charge is 2.39. The number of halogens is 1. The lowest BCUT2D eigenvalue weighted by atomic mass is 10.0. The zero-order chi connectivity index (χ0) is 19.7. The molecule has 1 aromatic heterocycles. The SMILES string of the molecule is CNC(=O)N1CCC[C@@H](N(C(=O)NCc2[nH]nc3ccc(Cl)cc23)C2CC2)C1. The van der Waals surface area contributed by atoms with Gasteiger partial charge in [-0.15, -0.1) is 0 Å². The monoisotopic (exact) mass is 404 g/mol. The van der Waals surface area contributed by atoms with Gasteiger partial charge in [0.1, 0.15) is 0 Å². The minimum absolute atomic E-state index is 0.0477. The third-order valence-electron chi connectivity index (χ3n) is 5.48. The fourth-order valence-corrected chi connectivity index (χ4v) is 4.10. The molecule has 4 amide bonds. The molecule has 2 heterocycles. The summed E-state index contributed by atoms with van der Waals surface area (Å²) in [5, 5.41) is 14.5. The second-order valence-electron chi connectivity index (χ2n) is 7.46. The number of rotatable bonds is 4. The highest BCUT2D eigenvalue weighted by atomic mass is 35.5. The Bertz CT molecular complexity index is 880. The molecule has 1 aliphatic heterocycles. The molecule has 3 N–H and O–H groups in total. The summed E-state index contributed by atoms with van der Waals surface area (Å²) in [4.78, 5) is 28.7. The van der Waals surface area contributed by atoms with Gasteiger partial charge in [-0.1, -0.05) is 11.6 Å². The first-order valence-corrected chi connectivity index (χ1v) is 10.1. The molecule has 28 heavy (non-hydrogen) atoms. The number of H-pyrrole nitrogens is 1. The Kier molecular flexibility index (Phi) is 5.30. The van der Waals surface area contributed by atoms with Gasteiger partial charge >= 0.3 is 12.1 Å². The summed E-state index contributed by atoms with van der Waals surface area (Å²) >= 11 is 6.09. The molecule has 8 nitrogen and oxygen atoms in total. The van der Waals surface area contributed by atoms with Crippen molar-refractivity contribution in [1.29, 1.82) is 0 Å². The van der Waals surface area contributed by atoms with E-state index in [0.29, 0.717) is 18.1 Å². The summed E-state index contributed by atoms with van der Waals surface area (Å²) in [5.41, 5.74) is 1.65. The minimum Gasteiger partial charge on any atom is -0.341 e. The van der Waals surface area contributed by atoms with Gasteiger partial charge < -0.3 is 20.4 Å². The normalized spacial score (nSPS) is 19.5. The van der Waals surface area contributed by atoms with Gasteiger partial charge in [0.25, 0.3) is 0 Å². The van der Waals surface area contributed by atoms with Crippen LogP contribution >= 0.6 is 11.6 Å². The Hall–Kier alpha value is -2.48. The number of nitrogens with zero attached hydrogens (tertiary/aromatic N) is 3. The Labute approximate surface area is 168 Å². The van der Waals surface area contributed by atoms with Crippen LogP contribution in [0.1, 0.15) is 31.4 Å². The quantitative estimate of drug-likeness (QED) is 0.731. The number of nitrogens with one attached hydrogen (secondary N) is 3. The highest BCUT2D eigenvalue weighted by Crippen LogP contribution is 2.31. The van der Waals surface area contributed by atoms with E-state index in [2.05, 4.69) is 20.8 Å². The summed E-state index contributed by atoms with van der Waals surface area (Å²) in [7, 11) is 1.64. The molecule has 0 unspecified atom stereocenters. The summed E-state index contributed by atoms with van der Waals surface area (Å²) in [6, 6.07) is 5.64. The van der Waals surface area contributed by atoms with E-state index in [1.54, 1.807) is 18.0 Å². The van der Waals surface area contributed by atoms with Crippen LogP contribution in [-0.4, -0.2) is 64.3 Å². The number of fused-ring (bicyclic) bond motifs is 1. The Morgan fingerprint density at radius 2 is 2.14 bits per heavy atom. The maximum Gasteiger partial charge on any atom is 0.318 e. The molecular weight excluding hydrogens is 380 g/mol. The third kappa shape index (κ3) is 3.87. The van der Waals surface area contributed by atoms with E-state index in [1.807, 2.05) is 17.0 Å². The van der Waals surface area contributed by atoms with Crippen molar-refractivity contribution in [1.82, 2.24) is 30.6 Å². The molecular formula is C19H25ClN6O2. The number of aromatic amines is 1. The average molecular weight is 405 g/mol. The van der Waals surface area contributed by atoms with Crippen molar-refractivity contribution in [2.45, 2.75) is 44.3 Å². The Balaban J connectivity index is 1.44. The zero-order valence-electron chi connectivity index (χ0n) is 15.9. The molecule has 1 aliphatic carbocycles. The highest BCUT2D eigenvalue weighted by molar-refractivity contribution is 6.31. The lowest BCUT2D eigenvalue weighted by Gasteiger charge is -2.39. The summed E-state index contributed by atoms with van der Waals surface area (Å²) in [6.07, 6.45) is 3.86. The van der Waals surface area contributed by atoms with Crippen LogP contribution < -0.4 is 10.6 Å². The maximum absolute atomic E-state index is 13.0. The van der Waals surface area contributed by atoms with Crippen molar-refractivity contribution in [2.24, 2.45) is 0 Å². The van der Waals surface area contributed by atoms with Crippen LogP contribution in [0.3, 0.4) is 0 Å². The van der Waals surface area contributed by atoms with Crippen molar-refractivity contribution in [2.75, 3.05) is 20.1 Å². The second kappa shape index (κ2) is 7.87. The number of aromatic nitrogens is 2. The van der Waals surface area contributed by atoms with E-state index in [1.165, 1.54) is 0 Å². The molecule has 1 saturated carbocycles. The van der Waals surface area contributed by atoms with Crippen LogP contribution in [0.25, 0.3) is 10.9 Å². The van der Waals surface area contributed by atoms with Crippen molar-refractivity contribution < 1.29 is 9.59 Å². The number of amides is 4. The third-order valence-corrected chi connectivity index (χ3v) is 5.71. The van der Waals surface area contributed by atoms with Crippen LogP contribution in [0.4, 0.5) is 9.59 Å². The molecule has 2 aromatic rings. The molecule has 0 radical (unpaired) electrons. The molecule has 150 valence electrons. The van der Waals surface area contributed by atoms with E-state index in [9.17, 15) is 9.59 Å². The summed E-state index contributed by atoms with van der Waals surface area (Å²) in [6.45, 7) is 1.66. The van der Waals surface area contributed by atoms with Crippen LogP contribution in [0, 0.1) is 0 Å². The van der Waals surface area contributed by atoms with Gasteiger partial charge in [0.2, 0.25) is 0 Å². The summed E-state index contributed by atoms with van der Waals surface area (Å²) < 4.78 is 0. The van der Waals surface area contributed by atoms with Gasteiger partial charge in [0, 0.05) is 36.6 Å². The van der Waals surface area contributed by atoms with E-state index < -0.39 is 0 Å². The zero-order valence-corrected chi connectivity index (χ0v) is 16.6. The summed E-state index contributed by atoms with van der Waals surface area (Å²) in [5.74, 6) is 0. The molecule has 1 aromatic carbocycles. The standard InChI is InChI=1S/C19H25ClN6O2/c1-21-18(27)25-8-2-3-14(11-25)26(13-5-6-13)19(28)22-10-17-15-9-12(20)4-7-16(15)23-24-17/h4,7,9,13-14H,2-3,5-6,8,10-11H2,1H3,(H,21,27)(H,22,28)(H,23,24)/t14-/m1/s1. The Morgan fingerprint density at radius 1 is 1.32 bits per heavy atom. The van der Waals surface area contributed by atoms with Crippen molar-refractivity contribution in [3.63, 3.8) is 0 Å². The molecule has 1 atom stereocenters. The molecule has 9 heteroatoms. The van der Waals surface area contributed by atoms with Crippen molar-refractivity contribution >= 4 is 34.6 Å². The van der Waals surface area contributed by atoms with Crippen molar-refractivity contribution in [3.8, 4) is 0 Å². The smallest absolute Gasteiger partial charge is 0.318 e. The molecule has 1 saturated heterocycles. The van der Waals surface area contributed by atoms with Gasteiger partial charge in [-0.3, -0.25) is 5.10 Å². The first-order chi connectivity index (χ1) is 13.6. The van der Waals surface area contributed by atoms with Gasteiger partial charge in [-0.25, -0.2) is 9.59 Å². The molecule has 2 fully saturated rings. The molecule has 0 bridgehead atoms. The number of hydrogen-bond donors (Lipinski definition) is 3. The van der Waals surface area contributed by atoms with Gasteiger partial charge in [-0.2, -0.15) is 5.10 Å². The molecule has 4 rings (SSSR count). The fourth-order valence-electron chi connectivity index (χ4n) is 3.93. The van der Waals surface area contributed by atoms with E-state index >= 15 is 0 Å². The van der Waals surface area contributed by atoms with E-state index in [-0.39, 0.29) is 24.1 Å². The number of carbonyl (C=O) groups is 2. The lowest BCUT2D eigenvalue weighted by Crippen LogP contribution is -2.56. The first kappa shape index (κ1) is 18.9. The number of hydrogen-bond acceptors (Lipinski definition) is 3. The average Bonchev–Trinajstić information content (AvgIpc) is 3.46. The van der Waals surface area contributed by atoms with Gasteiger partial charge in [0.15, 0.2) is 0 Å². The number of urea groups is 2. The van der Waals surface area contributed by atoms with Crippen molar-refractivity contribution in [3.05, 3.63) is 28.9 Å². The van der Waals surface area contributed by atoms with Crippen LogP contribution in [-0.2, 0) is 6.54 Å². The van der Waals surface area contributed by atoms with Gasteiger partial charge in [-0.05, 0) is 43.9 Å². The van der Waals surface area contributed by atoms with Crippen LogP contribution in [0.15, 0.2) is 18.2 Å². The minimum atomic E-state index is -0.0870. The fraction of sp³-hybridized carbons (Fsp3) is 0.526. The predicted octanol–water partition coefficient (Wildman–Crippen LogP) is 2.69. The van der Waals surface area contributed by atoms with E-state index in [4.69, 9.17) is 11.6 Å². The number of piperidine rings is 1.